The molecule has 4 atom stereocenters. The van der Waals surface area contributed by atoms with Crippen molar-refractivity contribution < 1.29 is 4.79 Å². The van der Waals surface area contributed by atoms with E-state index in [1.807, 2.05) is 0 Å². The van der Waals surface area contributed by atoms with Crippen molar-refractivity contribution in [3.63, 3.8) is 0 Å². The Bertz CT molecular complexity index is 316. The summed E-state index contributed by atoms with van der Waals surface area (Å²) >= 11 is 0. The first-order valence-electron chi connectivity index (χ1n) is 7.92. The van der Waals surface area contributed by atoms with E-state index in [-0.39, 0.29) is 0 Å². The Hall–Kier alpha value is -0.410. The van der Waals surface area contributed by atoms with Crippen LogP contribution in [0.1, 0.15) is 39.5 Å². The minimum absolute atomic E-state index is 0.312. The molecule has 110 valence electrons. The number of ketones is 1. The molecule has 2 fully saturated rings. The van der Waals surface area contributed by atoms with Crippen molar-refractivity contribution in [2.75, 3.05) is 33.7 Å². The van der Waals surface area contributed by atoms with Crippen molar-refractivity contribution in [3.8, 4) is 0 Å². The predicted molar refractivity (Wildman–Crippen MR) is 79.2 cm³/mol. The summed E-state index contributed by atoms with van der Waals surface area (Å²) in [5, 5.41) is 0. The molecule has 0 aromatic heterocycles. The van der Waals surface area contributed by atoms with Crippen LogP contribution in [0.15, 0.2) is 0 Å². The van der Waals surface area contributed by atoms with E-state index in [1.54, 1.807) is 0 Å². The third-order valence-corrected chi connectivity index (χ3v) is 5.24. The van der Waals surface area contributed by atoms with E-state index in [9.17, 15) is 4.79 Å². The molecule has 3 heteroatoms. The molecule has 0 spiro atoms. The molecule has 0 aromatic carbocycles. The minimum atomic E-state index is 0.312. The summed E-state index contributed by atoms with van der Waals surface area (Å²) in [5.74, 6) is 2.33. The Labute approximate surface area is 118 Å². The van der Waals surface area contributed by atoms with Gasteiger partial charge in [-0.1, -0.05) is 20.3 Å². The van der Waals surface area contributed by atoms with Gasteiger partial charge in [-0.2, -0.15) is 0 Å². The zero-order valence-electron chi connectivity index (χ0n) is 13.1. The second-order valence-electron chi connectivity index (χ2n) is 6.94. The molecule has 0 aromatic rings. The molecule has 0 amide bonds. The lowest BCUT2D eigenvalue weighted by Crippen LogP contribution is -2.38. The standard InChI is InChI=1S/C16H30N2O/c1-5-13-6-7-16(19)14(8-13)10-18-9-12(2)15(11-18)17(3)4/h12-15H,5-11H2,1-4H3. The third-order valence-electron chi connectivity index (χ3n) is 5.24. The second-order valence-corrected chi connectivity index (χ2v) is 6.94. The highest BCUT2D eigenvalue weighted by Crippen LogP contribution is 2.30. The van der Waals surface area contributed by atoms with E-state index in [0.717, 1.165) is 50.7 Å². The molecule has 1 saturated carbocycles. The summed E-state index contributed by atoms with van der Waals surface area (Å²) in [5.41, 5.74) is 0. The topological polar surface area (TPSA) is 23.6 Å². The lowest BCUT2D eigenvalue weighted by Gasteiger charge is -2.30. The summed E-state index contributed by atoms with van der Waals surface area (Å²) in [4.78, 5) is 17.0. The van der Waals surface area contributed by atoms with Crippen LogP contribution in [0.3, 0.4) is 0 Å². The Balaban J connectivity index is 1.89. The fourth-order valence-corrected chi connectivity index (χ4v) is 3.93. The Morgan fingerprint density at radius 2 is 2.05 bits per heavy atom. The minimum Gasteiger partial charge on any atom is -0.305 e. The summed E-state index contributed by atoms with van der Waals surface area (Å²) in [6.07, 6.45) is 4.32. The largest absolute Gasteiger partial charge is 0.305 e. The van der Waals surface area contributed by atoms with Crippen LogP contribution in [-0.2, 0) is 4.79 Å². The van der Waals surface area contributed by atoms with E-state index in [1.165, 1.54) is 6.42 Å². The third kappa shape index (κ3) is 3.57. The number of Topliss-reactive ketones (excluding diaryl/α,β-unsaturated/α-hetero) is 1. The van der Waals surface area contributed by atoms with Gasteiger partial charge in [-0.15, -0.1) is 0 Å². The van der Waals surface area contributed by atoms with Gasteiger partial charge in [-0.05, 0) is 38.8 Å². The van der Waals surface area contributed by atoms with E-state index in [0.29, 0.717) is 17.7 Å². The lowest BCUT2D eigenvalue weighted by atomic mass is 9.79. The maximum Gasteiger partial charge on any atom is 0.137 e. The summed E-state index contributed by atoms with van der Waals surface area (Å²) in [7, 11) is 4.34. The van der Waals surface area contributed by atoms with Crippen molar-refractivity contribution in [3.05, 3.63) is 0 Å². The molecule has 19 heavy (non-hydrogen) atoms. The van der Waals surface area contributed by atoms with E-state index in [4.69, 9.17) is 0 Å². The maximum atomic E-state index is 12.1. The Kier molecular flexibility index (Phi) is 5.02. The van der Waals surface area contributed by atoms with E-state index in [2.05, 4.69) is 37.7 Å². The number of hydrogen-bond donors (Lipinski definition) is 0. The molecule has 0 radical (unpaired) electrons. The number of likely N-dealkylation sites (N-methyl/N-ethyl adjacent to an activating group) is 1. The fraction of sp³-hybridized carbons (Fsp3) is 0.938. The van der Waals surface area contributed by atoms with Gasteiger partial charge in [0.2, 0.25) is 0 Å². The summed E-state index contributed by atoms with van der Waals surface area (Å²) < 4.78 is 0. The van der Waals surface area contributed by atoms with Crippen molar-refractivity contribution >= 4 is 5.78 Å². The zero-order valence-corrected chi connectivity index (χ0v) is 13.1. The van der Waals surface area contributed by atoms with Crippen LogP contribution in [0.2, 0.25) is 0 Å². The molecule has 3 nitrogen and oxygen atoms in total. The lowest BCUT2D eigenvalue weighted by molar-refractivity contribution is -0.126. The van der Waals surface area contributed by atoms with Crippen LogP contribution in [-0.4, -0.2) is 55.4 Å². The van der Waals surface area contributed by atoms with Gasteiger partial charge >= 0.3 is 0 Å². The van der Waals surface area contributed by atoms with Crippen LogP contribution in [0, 0.1) is 17.8 Å². The van der Waals surface area contributed by atoms with Gasteiger partial charge in [0.1, 0.15) is 5.78 Å². The second kappa shape index (κ2) is 6.36. The summed E-state index contributed by atoms with van der Waals surface area (Å²) in [6.45, 7) is 7.89. The molecular formula is C16H30N2O. The Morgan fingerprint density at radius 3 is 2.63 bits per heavy atom. The first kappa shape index (κ1) is 15.0. The van der Waals surface area contributed by atoms with Gasteiger partial charge in [-0.25, -0.2) is 0 Å². The van der Waals surface area contributed by atoms with Crippen LogP contribution in [0.4, 0.5) is 0 Å². The fourth-order valence-electron chi connectivity index (χ4n) is 3.93. The highest BCUT2D eigenvalue weighted by atomic mass is 16.1. The van der Waals surface area contributed by atoms with E-state index >= 15 is 0 Å². The molecule has 0 bridgehead atoms. The van der Waals surface area contributed by atoms with Gasteiger partial charge in [0.15, 0.2) is 0 Å². The van der Waals surface area contributed by atoms with Gasteiger partial charge in [0.05, 0.1) is 0 Å². The van der Waals surface area contributed by atoms with Gasteiger partial charge in [0.25, 0.3) is 0 Å². The zero-order chi connectivity index (χ0) is 14.0. The van der Waals surface area contributed by atoms with Gasteiger partial charge in [-0.3, -0.25) is 4.79 Å². The molecule has 2 aliphatic rings. The van der Waals surface area contributed by atoms with Gasteiger partial charge < -0.3 is 9.80 Å². The van der Waals surface area contributed by atoms with Crippen LogP contribution in [0.25, 0.3) is 0 Å². The van der Waals surface area contributed by atoms with Crippen molar-refractivity contribution in [1.82, 2.24) is 9.80 Å². The molecule has 1 aliphatic heterocycles. The highest BCUT2D eigenvalue weighted by molar-refractivity contribution is 5.81. The maximum absolute atomic E-state index is 12.1. The smallest absolute Gasteiger partial charge is 0.137 e. The quantitative estimate of drug-likeness (QED) is 0.780. The number of rotatable bonds is 4. The first-order valence-corrected chi connectivity index (χ1v) is 7.92. The van der Waals surface area contributed by atoms with Crippen LogP contribution in [0.5, 0.6) is 0 Å². The van der Waals surface area contributed by atoms with Crippen molar-refractivity contribution in [2.24, 2.45) is 17.8 Å². The number of carbonyl (C=O) groups excluding carboxylic acids is 1. The molecule has 2 rings (SSSR count). The summed E-state index contributed by atoms with van der Waals surface area (Å²) in [6, 6.07) is 0.653. The highest BCUT2D eigenvalue weighted by Gasteiger charge is 2.35. The van der Waals surface area contributed by atoms with Gasteiger partial charge in [0, 0.05) is 38.0 Å². The molecule has 0 N–H and O–H groups in total. The average Bonchev–Trinajstić information content (AvgIpc) is 2.73. The molecule has 1 saturated heterocycles. The normalized spacial score (nSPS) is 37.2. The van der Waals surface area contributed by atoms with Crippen LogP contribution < -0.4 is 0 Å². The number of nitrogens with zero attached hydrogens (tertiary/aromatic N) is 2. The predicted octanol–water partition coefficient (Wildman–Crippen LogP) is 2.26. The SMILES string of the molecule is CCC1CCC(=O)C(CN2CC(C)C(N(C)C)C2)C1. The Morgan fingerprint density at radius 1 is 1.32 bits per heavy atom. The van der Waals surface area contributed by atoms with Crippen LogP contribution >= 0.6 is 0 Å². The first-order chi connectivity index (χ1) is 9.01. The monoisotopic (exact) mass is 266 g/mol. The molecule has 1 heterocycles. The number of carbonyl (C=O) groups is 1. The van der Waals surface area contributed by atoms with E-state index < -0.39 is 0 Å². The van der Waals surface area contributed by atoms with Crippen molar-refractivity contribution in [2.45, 2.75) is 45.6 Å². The molecule has 1 aliphatic carbocycles. The molecular weight excluding hydrogens is 236 g/mol. The number of hydrogen-bond acceptors (Lipinski definition) is 3. The number of likely N-dealkylation sites (tertiary alicyclic amines) is 1. The average molecular weight is 266 g/mol. The molecule has 4 unspecified atom stereocenters. The van der Waals surface area contributed by atoms with Crippen molar-refractivity contribution in [1.29, 1.82) is 0 Å².